The van der Waals surface area contributed by atoms with E-state index in [1.165, 1.54) is 0 Å². The van der Waals surface area contributed by atoms with Crippen LogP contribution in [0.1, 0.15) is 61.0 Å². The van der Waals surface area contributed by atoms with Crippen LogP contribution in [0, 0.1) is 6.92 Å². The van der Waals surface area contributed by atoms with Crippen molar-refractivity contribution >= 4 is 11.8 Å². The predicted molar refractivity (Wildman–Crippen MR) is 119 cm³/mol. The third kappa shape index (κ3) is 5.21. The van der Waals surface area contributed by atoms with E-state index in [4.69, 9.17) is 4.74 Å². The maximum atomic E-state index is 12.8. The molecule has 1 unspecified atom stereocenters. The van der Waals surface area contributed by atoms with Gasteiger partial charge in [-0.3, -0.25) is 9.59 Å². The number of ether oxygens (including phenoxy) is 1. The van der Waals surface area contributed by atoms with Gasteiger partial charge in [-0.05, 0) is 55.9 Å². The maximum absolute atomic E-state index is 12.8. The molecule has 0 radical (unpaired) electrons. The zero-order chi connectivity index (χ0) is 21.7. The number of hydrogen-bond donors (Lipinski definition) is 1. The number of carbonyl (C=O) groups excluding carboxylic acids is 2. The zero-order valence-electron chi connectivity index (χ0n) is 18.4. The van der Waals surface area contributed by atoms with Crippen molar-refractivity contribution in [2.45, 2.75) is 58.6 Å². The molecule has 2 aromatic rings. The van der Waals surface area contributed by atoms with E-state index in [-0.39, 0.29) is 17.9 Å². The molecule has 0 bridgehead atoms. The zero-order valence-corrected chi connectivity index (χ0v) is 18.4. The highest BCUT2D eigenvalue weighted by Gasteiger charge is 2.27. The van der Waals surface area contributed by atoms with E-state index < -0.39 is 6.10 Å². The van der Waals surface area contributed by atoms with Gasteiger partial charge in [-0.2, -0.15) is 0 Å². The molecule has 30 heavy (non-hydrogen) atoms. The predicted octanol–water partition coefficient (Wildman–Crippen LogP) is 4.31. The van der Waals surface area contributed by atoms with Crippen molar-refractivity contribution < 1.29 is 14.3 Å². The Kier molecular flexibility index (Phi) is 7.14. The first kappa shape index (κ1) is 21.9. The lowest BCUT2D eigenvalue weighted by Gasteiger charge is -2.33. The second-order valence-corrected chi connectivity index (χ2v) is 8.34. The van der Waals surface area contributed by atoms with Gasteiger partial charge in [0.2, 0.25) is 0 Å². The number of rotatable bonds is 6. The minimum Gasteiger partial charge on any atom is -0.481 e. The molecule has 1 atom stereocenters. The van der Waals surface area contributed by atoms with Gasteiger partial charge in [0.15, 0.2) is 6.10 Å². The first-order valence-corrected chi connectivity index (χ1v) is 10.8. The summed E-state index contributed by atoms with van der Waals surface area (Å²) in [6.07, 6.45) is 0.925. The molecule has 1 N–H and O–H groups in total. The van der Waals surface area contributed by atoms with Crippen molar-refractivity contribution in [1.29, 1.82) is 0 Å². The van der Waals surface area contributed by atoms with Gasteiger partial charge in [-0.25, -0.2) is 0 Å². The Morgan fingerprint density at radius 2 is 1.63 bits per heavy atom. The number of likely N-dealkylation sites (tertiary alicyclic amines) is 1. The van der Waals surface area contributed by atoms with Crippen LogP contribution in [0.15, 0.2) is 48.5 Å². The molecule has 0 saturated carbocycles. The number of benzene rings is 2. The summed E-state index contributed by atoms with van der Waals surface area (Å²) in [5.41, 5.74) is 2.84. The normalized spacial score (nSPS) is 15.7. The molecule has 2 aromatic carbocycles. The van der Waals surface area contributed by atoms with Gasteiger partial charge >= 0.3 is 0 Å². The van der Waals surface area contributed by atoms with Gasteiger partial charge < -0.3 is 15.0 Å². The molecule has 0 spiro atoms. The van der Waals surface area contributed by atoms with E-state index in [0.29, 0.717) is 19.0 Å². The first-order valence-electron chi connectivity index (χ1n) is 10.8. The third-order valence-electron chi connectivity index (χ3n) is 5.72. The van der Waals surface area contributed by atoms with E-state index in [1.807, 2.05) is 60.4 Å². The Bertz CT molecular complexity index is 885. The molecule has 0 aliphatic carbocycles. The summed E-state index contributed by atoms with van der Waals surface area (Å²) in [5.74, 6) is 1.04. The molecule has 1 aliphatic rings. The van der Waals surface area contributed by atoms with Crippen LogP contribution < -0.4 is 10.1 Å². The molecule has 1 aliphatic heterocycles. The fraction of sp³-hybridized carbons (Fsp3) is 0.440. The molecule has 5 heteroatoms. The van der Waals surface area contributed by atoms with E-state index in [9.17, 15) is 9.59 Å². The van der Waals surface area contributed by atoms with Crippen LogP contribution in [-0.2, 0) is 4.79 Å². The average Bonchev–Trinajstić information content (AvgIpc) is 2.74. The summed E-state index contributed by atoms with van der Waals surface area (Å²) in [4.78, 5) is 27.3. The summed E-state index contributed by atoms with van der Waals surface area (Å²) < 4.78 is 5.96. The number of para-hydroxylation sites is 1. The molecule has 2 amide bonds. The molecule has 1 saturated heterocycles. The van der Waals surface area contributed by atoms with Crippen molar-refractivity contribution in [3.63, 3.8) is 0 Å². The highest BCUT2D eigenvalue weighted by Crippen LogP contribution is 2.26. The smallest absolute Gasteiger partial charge is 0.260 e. The number of hydrogen-bond acceptors (Lipinski definition) is 3. The number of amides is 2. The summed E-state index contributed by atoms with van der Waals surface area (Å²) in [5, 5.41) is 3.10. The van der Waals surface area contributed by atoms with Crippen LogP contribution in [-0.4, -0.2) is 41.9 Å². The fourth-order valence-electron chi connectivity index (χ4n) is 3.84. The van der Waals surface area contributed by atoms with Crippen LogP contribution in [0.2, 0.25) is 0 Å². The average molecular weight is 409 g/mol. The Morgan fingerprint density at radius 3 is 2.30 bits per heavy atom. The second kappa shape index (κ2) is 9.79. The van der Waals surface area contributed by atoms with Crippen LogP contribution in [0.5, 0.6) is 5.75 Å². The van der Waals surface area contributed by atoms with Gasteiger partial charge in [0.1, 0.15) is 5.75 Å². The SMILES string of the molecule is Cc1ccccc1C(=O)N1CCC(NC(=O)C(C)Oc2ccccc2C(C)C)CC1. The Morgan fingerprint density at radius 1 is 1.00 bits per heavy atom. The number of aryl methyl sites for hydroxylation is 1. The topological polar surface area (TPSA) is 58.6 Å². The second-order valence-electron chi connectivity index (χ2n) is 8.34. The number of carbonyl (C=O) groups is 2. The van der Waals surface area contributed by atoms with Gasteiger partial charge in [0.25, 0.3) is 11.8 Å². The van der Waals surface area contributed by atoms with E-state index in [2.05, 4.69) is 19.2 Å². The van der Waals surface area contributed by atoms with Crippen molar-refractivity contribution in [3.8, 4) is 5.75 Å². The van der Waals surface area contributed by atoms with Crippen molar-refractivity contribution in [2.75, 3.05) is 13.1 Å². The number of piperidine rings is 1. The molecular formula is C25H32N2O3. The highest BCUT2D eigenvalue weighted by molar-refractivity contribution is 5.95. The first-order chi connectivity index (χ1) is 14.4. The largest absolute Gasteiger partial charge is 0.481 e. The summed E-state index contributed by atoms with van der Waals surface area (Å²) in [6.45, 7) is 9.24. The molecule has 3 rings (SSSR count). The van der Waals surface area contributed by atoms with Gasteiger partial charge in [-0.15, -0.1) is 0 Å². The third-order valence-corrected chi connectivity index (χ3v) is 5.72. The quantitative estimate of drug-likeness (QED) is 0.775. The summed E-state index contributed by atoms with van der Waals surface area (Å²) in [6, 6.07) is 15.6. The number of nitrogens with one attached hydrogen (secondary N) is 1. The van der Waals surface area contributed by atoms with E-state index in [0.717, 1.165) is 35.3 Å². The van der Waals surface area contributed by atoms with Gasteiger partial charge in [0.05, 0.1) is 0 Å². The van der Waals surface area contributed by atoms with Crippen LogP contribution in [0.25, 0.3) is 0 Å². The highest BCUT2D eigenvalue weighted by atomic mass is 16.5. The molecule has 5 nitrogen and oxygen atoms in total. The Balaban J connectivity index is 1.52. The van der Waals surface area contributed by atoms with Crippen LogP contribution in [0.4, 0.5) is 0 Å². The lowest BCUT2D eigenvalue weighted by atomic mass is 10.0. The van der Waals surface area contributed by atoms with Gasteiger partial charge in [-0.1, -0.05) is 50.2 Å². The molecule has 1 fully saturated rings. The minimum atomic E-state index is -0.573. The van der Waals surface area contributed by atoms with Crippen LogP contribution >= 0.6 is 0 Å². The molecule has 0 aromatic heterocycles. The van der Waals surface area contributed by atoms with Crippen molar-refractivity contribution in [1.82, 2.24) is 10.2 Å². The van der Waals surface area contributed by atoms with Crippen molar-refractivity contribution in [3.05, 3.63) is 65.2 Å². The Hall–Kier alpha value is -2.82. The summed E-state index contributed by atoms with van der Waals surface area (Å²) >= 11 is 0. The summed E-state index contributed by atoms with van der Waals surface area (Å²) in [7, 11) is 0. The van der Waals surface area contributed by atoms with Crippen molar-refractivity contribution in [2.24, 2.45) is 0 Å². The maximum Gasteiger partial charge on any atom is 0.260 e. The lowest BCUT2D eigenvalue weighted by molar-refractivity contribution is -0.128. The lowest BCUT2D eigenvalue weighted by Crippen LogP contribution is -2.49. The monoisotopic (exact) mass is 408 g/mol. The van der Waals surface area contributed by atoms with E-state index >= 15 is 0 Å². The Labute approximate surface area is 179 Å². The minimum absolute atomic E-state index is 0.0600. The fourth-order valence-corrected chi connectivity index (χ4v) is 3.84. The van der Waals surface area contributed by atoms with Crippen LogP contribution in [0.3, 0.4) is 0 Å². The van der Waals surface area contributed by atoms with E-state index in [1.54, 1.807) is 6.92 Å². The standard InChI is InChI=1S/C25H32N2O3/c1-17(2)21-10-7-8-12-23(21)30-19(4)24(28)26-20-13-15-27(16-14-20)25(29)22-11-6-5-9-18(22)3/h5-12,17,19-20H,13-16H2,1-4H3,(H,26,28). The molecule has 1 heterocycles. The number of nitrogens with zero attached hydrogens (tertiary/aromatic N) is 1. The molecular weight excluding hydrogens is 376 g/mol. The van der Waals surface area contributed by atoms with Gasteiger partial charge in [0, 0.05) is 24.7 Å². The molecule has 160 valence electrons.